The molecule has 0 aliphatic heterocycles. The molecule has 4 aromatic rings. The highest BCUT2D eigenvalue weighted by atomic mass is 35.5. The summed E-state index contributed by atoms with van der Waals surface area (Å²) < 4.78 is 39.9. The van der Waals surface area contributed by atoms with E-state index in [4.69, 9.17) is 23.1 Å². The molecular formula is C22H16ClF3N6O. The fourth-order valence-corrected chi connectivity index (χ4v) is 3.55. The Kier molecular flexibility index (Phi) is 5.77. The van der Waals surface area contributed by atoms with Gasteiger partial charge in [-0.3, -0.25) is 9.48 Å². The summed E-state index contributed by atoms with van der Waals surface area (Å²) in [4.78, 5) is 20.6. The lowest BCUT2D eigenvalue weighted by atomic mass is 10.0. The van der Waals surface area contributed by atoms with Crippen LogP contribution in [0.4, 0.5) is 19.0 Å². The van der Waals surface area contributed by atoms with Gasteiger partial charge in [-0.2, -0.15) is 18.3 Å². The van der Waals surface area contributed by atoms with Crippen molar-refractivity contribution in [1.82, 2.24) is 19.7 Å². The number of aromatic nitrogens is 4. The molecule has 0 bridgehead atoms. The van der Waals surface area contributed by atoms with Crippen molar-refractivity contribution in [3.63, 3.8) is 0 Å². The smallest absolute Gasteiger partial charge is 0.383 e. The van der Waals surface area contributed by atoms with Gasteiger partial charge in [-0.05, 0) is 35.4 Å². The lowest BCUT2D eigenvalue weighted by molar-refractivity contribution is -0.137. The minimum Gasteiger partial charge on any atom is -0.383 e. The molecule has 0 saturated heterocycles. The summed E-state index contributed by atoms with van der Waals surface area (Å²) in [6, 6.07) is 9.97. The molecule has 1 amide bonds. The summed E-state index contributed by atoms with van der Waals surface area (Å²) in [5.41, 5.74) is 13.3. The number of nitrogen functional groups attached to an aromatic ring is 1. The molecule has 2 aromatic heterocycles. The minimum absolute atomic E-state index is 0.226. The third-order valence-corrected chi connectivity index (χ3v) is 5.22. The summed E-state index contributed by atoms with van der Waals surface area (Å²) in [7, 11) is 0. The molecule has 0 unspecified atom stereocenters. The average molecular weight is 473 g/mol. The van der Waals surface area contributed by atoms with E-state index in [-0.39, 0.29) is 11.4 Å². The Hall–Kier alpha value is -3.92. The van der Waals surface area contributed by atoms with E-state index >= 15 is 0 Å². The number of halogens is 4. The van der Waals surface area contributed by atoms with Crippen LogP contribution in [0.5, 0.6) is 0 Å². The molecule has 168 valence electrons. The number of nitrogens with two attached hydrogens (primary N) is 2. The second-order valence-corrected chi connectivity index (χ2v) is 7.56. The normalized spacial score (nSPS) is 12.5. The Morgan fingerprint density at radius 2 is 1.67 bits per heavy atom. The van der Waals surface area contributed by atoms with Gasteiger partial charge in [0.15, 0.2) is 6.04 Å². The number of hydrogen-bond acceptors (Lipinski definition) is 5. The summed E-state index contributed by atoms with van der Waals surface area (Å²) in [5, 5.41) is 4.76. The molecule has 1 atom stereocenters. The van der Waals surface area contributed by atoms with Crippen molar-refractivity contribution in [2.45, 2.75) is 12.2 Å². The van der Waals surface area contributed by atoms with E-state index in [0.717, 1.165) is 17.7 Å². The number of carbonyl (C=O) groups excluding carboxylic acids is 1. The van der Waals surface area contributed by atoms with E-state index in [0.29, 0.717) is 21.8 Å². The monoisotopic (exact) mass is 472 g/mol. The number of amides is 1. The van der Waals surface area contributed by atoms with Crippen LogP contribution in [0.3, 0.4) is 0 Å². The van der Waals surface area contributed by atoms with Gasteiger partial charge in [-0.25, -0.2) is 9.97 Å². The molecule has 0 spiro atoms. The molecule has 2 aromatic carbocycles. The second-order valence-electron chi connectivity index (χ2n) is 7.12. The van der Waals surface area contributed by atoms with E-state index in [1.165, 1.54) is 35.5 Å². The van der Waals surface area contributed by atoms with Crippen LogP contribution < -0.4 is 11.5 Å². The minimum atomic E-state index is -4.50. The average Bonchev–Trinajstić information content (AvgIpc) is 3.23. The molecule has 0 saturated carbocycles. The van der Waals surface area contributed by atoms with E-state index in [9.17, 15) is 18.0 Å². The van der Waals surface area contributed by atoms with Crippen LogP contribution in [0.1, 0.15) is 17.2 Å². The maximum atomic E-state index is 12.9. The fourth-order valence-electron chi connectivity index (χ4n) is 3.42. The number of hydrogen-bond donors (Lipinski definition) is 2. The van der Waals surface area contributed by atoms with Crippen molar-refractivity contribution in [3.05, 3.63) is 83.4 Å². The number of benzene rings is 2. The summed E-state index contributed by atoms with van der Waals surface area (Å²) in [5.74, 6) is -0.561. The molecule has 2 heterocycles. The molecular weight excluding hydrogens is 457 g/mol. The zero-order valence-corrected chi connectivity index (χ0v) is 17.5. The topological polar surface area (TPSA) is 113 Å². The molecule has 0 radical (unpaired) electrons. The number of nitrogens with zero attached hydrogens (tertiary/aromatic N) is 4. The fraction of sp³-hybridized carbons (Fsp3) is 0.0909. The summed E-state index contributed by atoms with van der Waals surface area (Å²) in [6.45, 7) is 0. The Balaban J connectivity index is 1.75. The highest BCUT2D eigenvalue weighted by molar-refractivity contribution is 6.30. The molecule has 33 heavy (non-hydrogen) atoms. The van der Waals surface area contributed by atoms with Gasteiger partial charge >= 0.3 is 6.18 Å². The molecule has 4 rings (SSSR count). The lowest BCUT2D eigenvalue weighted by Gasteiger charge is -2.15. The molecule has 11 heteroatoms. The van der Waals surface area contributed by atoms with Gasteiger partial charge in [0, 0.05) is 16.8 Å². The van der Waals surface area contributed by atoms with Crippen LogP contribution in [-0.4, -0.2) is 25.7 Å². The van der Waals surface area contributed by atoms with Crippen molar-refractivity contribution in [2.24, 2.45) is 5.73 Å². The van der Waals surface area contributed by atoms with E-state index in [2.05, 4.69) is 15.1 Å². The van der Waals surface area contributed by atoms with E-state index in [1.54, 1.807) is 24.3 Å². The highest BCUT2D eigenvalue weighted by Gasteiger charge is 2.31. The standard InChI is InChI=1S/C22H16ClF3N6O/c23-16-7-3-12(4-8-16)17-18(29-11-30-20(17)27)14-9-31-32(10-14)19(21(28)33)13-1-5-15(6-2-13)22(24,25)26/h1-11,19H,(H2,28,33)(H2,27,29,30)/t19-/m0/s1. The van der Waals surface area contributed by atoms with Crippen molar-refractivity contribution in [1.29, 1.82) is 0 Å². The van der Waals surface area contributed by atoms with Crippen LogP contribution in [0, 0.1) is 0 Å². The van der Waals surface area contributed by atoms with Gasteiger partial charge in [-0.15, -0.1) is 0 Å². The maximum absolute atomic E-state index is 12.9. The zero-order valence-electron chi connectivity index (χ0n) is 16.8. The van der Waals surface area contributed by atoms with Gasteiger partial charge in [0.25, 0.3) is 0 Å². The third kappa shape index (κ3) is 4.51. The zero-order chi connectivity index (χ0) is 23.8. The second kappa shape index (κ2) is 8.55. The number of alkyl halides is 3. The largest absolute Gasteiger partial charge is 0.416 e. The van der Waals surface area contributed by atoms with Gasteiger partial charge in [0.1, 0.15) is 12.1 Å². The quantitative estimate of drug-likeness (QED) is 0.448. The molecule has 0 fully saturated rings. The molecule has 4 N–H and O–H groups in total. The van der Waals surface area contributed by atoms with Crippen molar-refractivity contribution in [2.75, 3.05) is 5.73 Å². The van der Waals surface area contributed by atoms with E-state index < -0.39 is 23.7 Å². The lowest BCUT2D eigenvalue weighted by Crippen LogP contribution is -2.28. The number of rotatable bonds is 5. The number of primary amides is 1. The molecule has 0 aliphatic rings. The van der Waals surface area contributed by atoms with Crippen molar-refractivity contribution >= 4 is 23.3 Å². The van der Waals surface area contributed by atoms with Crippen LogP contribution >= 0.6 is 11.6 Å². The van der Waals surface area contributed by atoms with Crippen molar-refractivity contribution < 1.29 is 18.0 Å². The van der Waals surface area contributed by atoms with Crippen molar-refractivity contribution in [3.8, 4) is 22.4 Å². The Bertz CT molecular complexity index is 1300. The summed E-state index contributed by atoms with van der Waals surface area (Å²) in [6.07, 6.45) is -0.219. The first-order valence-electron chi connectivity index (χ1n) is 9.52. The van der Waals surface area contributed by atoms with Crippen LogP contribution in [-0.2, 0) is 11.0 Å². The molecule has 0 aliphatic carbocycles. The first-order valence-corrected chi connectivity index (χ1v) is 9.90. The van der Waals surface area contributed by atoms with Crippen LogP contribution in [0.2, 0.25) is 5.02 Å². The van der Waals surface area contributed by atoms with Crippen LogP contribution in [0.25, 0.3) is 22.4 Å². The summed E-state index contributed by atoms with van der Waals surface area (Å²) >= 11 is 5.97. The predicted octanol–water partition coefficient (Wildman–Crippen LogP) is 4.34. The first kappa shape index (κ1) is 22.3. The third-order valence-electron chi connectivity index (χ3n) is 4.97. The highest BCUT2D eigenvalue weighted by Crippen LogP contribution is 2.35. The Morgan fingerprint density at radius 3 is 2.27 bits per heavy atom. The number of anilines is 1. The maximum Gasteiger partial charge on any atom is 0.416 e. The first-order chi connectivity index (χ1) is 15.6. The molecule has 7 nitrogen and oxygen atoms in total. The Morgan fingerprint density at radius 1 is 1.00 bits per heavy atom. The number of carbonyl (C=O) groups is 1. The van der Waals surface area contributed by atoms with E-state index in [1.807, 2.05) is 0 Å². The van der Waals surface area contributed by atoms with Crippen LogP contribution in [0.15, 0.2) is 67.3 Å². The SMILES string of the molecule is NC(=O)[C@H](c1ccc(C(F)(F)F)cc1)n1cc(-c2ncnc(N)c2-c2ccc(Cl)cc2)cn1. The van der Waals surface area contributed by atoms with Gasteiger partial charge in [-0.1, -0.05) is 35.9 Å². The predicted molar refractivity (Wildman–Crippen MR) is 117 cm³/mol. The Labute approximate surface area is 190 Å². The van der Waals surface area contributed by atoms with Gasteiger partial charge in [0.2, 0.25) is 5.91 Å². The van der Waals surface area contributed by atoms with Gasteiger partial charge < -0.3 is 11.5 Å². The van der Waals surface area contributed by atoms with Gasteiger partial charge in [0.05, 0.1) is 23.0 Å².